The zero-order valence-electron chi connectivity index (χ0n) is 16.1. The molecule has 0 aliphatic carbocycles. The molecule has 0 N–H and O–H groups in total. The van der Waals surface area contributed by atoms with Gasteiger partial charge in [0, 0.05) is 6.42 Å². The molecule has 3 aromatic carbocycles. The van der Waals surface area contributed by atoms with Crippen LogP contribution in [0.15, 0.2) is 73.1 Å². The number of alkyl halides is 3. The predicted molar refractivity (Wildman–Crippen MR) is 112 cm³/mol. The maximum atomic E-state index is 12.6. The minimum absolute atomic E-state index is 0.330. The first-order chi connectivity index (χ1) is 14.9. The molecule has 1 aromatic heterocycles. The van der Waals surface area contributed by atoms with Crippen molar-refractivity contribution in [2.24, 2.45) is 0 Å². The first-order valence-electron chi connectivity index (χ1n) is 9.36. The number of hydrogen-bond donors (Lipinski definition) is 0. The summed E-state index contributed by atoms with van der Waals surface area (Å²) in [6.07, 6.45) is -2.32. The molecule has 4 nitrogen and oxygen atoms in total. The van der Waals surface area contributed by atoms with Gasteiger partial charge in [0.25, 0.3) is 0 Å². The zero-order valence-corrected chi connectivity index (χ0v) is 16.8. The minimum Gasteiger partial charge on any atom is -0.477 e. The molecule has 0 atom stereocenters. The summed E-state index contributed by atoms with van der Waals surface area (Å²) in [5.41, 5.74) is 0.999. The fourth-order valence-electron chi connectivity index (χ4n) is 2.99. The van der Waals surface area contributed by atoms with Crippen LogP contribution in [0.5, 0.6) is 17.4 Å². The lowest BCUT2D eigenvalue weighted by atomic mass is 10.1. The van der Waals surface area contributed by atoms with E-state index in [1.54, 1.807) is 18.2 Å². The van der Waals surface area contributed by atoms with Gasteiger partial charge in [0.1, 0.15) is 17.8 Å². The molecule has 0 aliphatic heterocycles. The Bertz CT molecular complexity index is 1180. The number of aromatic nitrogens is 2. The van der Waals surface area contributed by atoms with Crippen LogP contribution >= 0.6 is 11.6 Å². The molecule has 0 amide bonds. The van der Waals surface area contributed by atoms with E-state index in [1.165, 1.54) is 18.5 Å². The van der Waals surface area contributed by atoms with Gasteiger partial charge in [0.05, 0.1) is 28.1 Å². The van der Waals surface area contributed by atoms with Gasteiger partial charge in [-0.05, 0) is 54.1 Å². The Balaban J connectivity index is 1.35. The van der Waals surface area contributed by atoms with Crippen LogP contribution in [-0.2, 0) is 12.6 Å². The number of hydrogen-bond acceptors (Lipinski definition) is 4. The van der Waals surface area contributed by atoms with Crippen LogP contribution in [0.3, 0.4) is 0 Å². The third-order valence-corrected chi connectivity index (χ3v) is 4.86. The Morgan fingerprint density at radius 2 is 1.52 bits per heavy atom. The number of fused-ring (bicyclic) bond motifs is 1. The van der Waals surface area contributed by atoms with Gasteiger partial charge in [-0.1, -0.05) is 29.8 Å². The highest BCUT2D eigenvalue weighted by Crippen LogP contribution is 2.32. The summed E-state index contributed by atoms with van der Waals surface area (Å²) >= 11 is 6.24. The van der Waals surface area contributed by atoms with Crippen molar-refractivity contribution < 1.29 is 22.6 Å². The summed E-state index contributed by atoms with van der Waals surface area (Å²) in [6.45, 7) is 0.385. The number of rotatable bonds is 6. The van der Waals surface area contributed by atoms with Crippen molar-refractivity contribution in [3.05, 3.63) is 89.2 Å². The quantitative estimate of drug-likeness (QED) is 0.331. The van der Waals surface area contributed by atoms with Gasteiger partial charge < -0.3 is 9.47 Å². The van der Waals surface area contributed by atoms with Crippen LogP contribution in [-0.4, -0.2) is 16.6 Å². The normalized spacial score (nSPS) is 11.5. The molecule has 0 bridgehead atoms. The molecule has 0 spiro atoms. The summed E-state index contributed by atoms with van der Waals surface area (Å²) in [7, 11) is 0. The number of benzene rings is 3. The Hall–Kier alpha value is -3.32. The van der Waals surface area contributed by atoms with Gasteiger partial charge >= 0.3 is 6.18 Å². The summed E-state index contributed by atoms with van der Waals surface area (Å²) < 4.78 is 49.3. The monoisotopic (exact) mass is 444 g/mol. The maximum Gasteiger partial charge on any atom is 0.416 e. The molecule has 158 valence electrons. The van der Waals surface area contributed by atoms with Crippen LogP contribution in [0, 0.1) is 0 Å². The zero-order chi connectivity index (χ0) is 21.8. The molecule has 0 saturated heterocycles. The third-order valence-electron chi connectivity index (χ3n) is 4.55. The molecule has 0 radical (unpaired) electrons. The van der Waals surface area contributed by atoms with E-state index in [2.05, 4.69) is 9.97 Å². The Kier molecular flexibility index (Phi) is 5.95. The number of halogens is 4. The van der Waals surface area contributed by atoms with Gasteiger partial charge in [-0.3, -0.25) is 0 Å². The molecule has 0 unspecified atom stereocenters. The maximum absolute atomic E-state index is 12.6. The molecular weight excluding hydrogens is 429 g/mol. The van der Waals surface area contributed by atoms with Gasteiger partial charge in [-0.15, -0.1) is 0 Å². The molecule has 8 heteroatoms. The van der Waals surface area contributed by atoms with Crippen molar-refractivity contribution >= 4 is 22.5 Å². The Morgan fingerprint density at radius 1 is 0.839 bits per heavy atom. The van der Waals surface area contributed by atoms with Crippen molar-refractivity contribution in [1.82, 2.24) is 9.97 Å². The first kappa shape index (κ1) is 20.9. The van der Waals surface area contributed by atoms with Crippen LogP contribution in [0.4, 0.5) is 13.2 Å². The highest BCUT2D eigenvalue weighted by atomic mass is 35.5. The average molecular weight is 445 g/mol. The lowest BCUT2D eigenvalue weighted by Crippen LogP contribution is -2.04. The largest absolute Gasteiger partial charge is 0.477 e. The van der Waals surface area contributed by atoms with Crippen molar-refractivity contribution in [2.45, 2.75) is 12.6 Å². The van der Waals surface area contributed by atoms with E-state index < -0.39 is 11.7 Å². The second-order valence-electron chi connectivity index (χ2n) is 6.68. The number of ether oxygens (including phenoxy) is 2. The van der Waals surface area contributed by atoms with Crippen LogP contribution in [0.1, 0.15) is 11.1 Å². The molecule has 31 heavy (non-hydrogen) atoms. The summed E-state index contributed by atoms with van der Waals surface area (Å²) in [6, 6.07) is 17.2. The van der Waals surface area contributed by atoms with Gasteiger partial charge in [0.2, 0.25) is 5.88 Å². The molecule has 0 aliphatic rings. The second kappa shape index (κ2) is 8.81. The second-order valence-corrected chi connectivity index (χ2v) is 7.09. The van der Waals surface area contributed by atoms with E-state index in [-0.39, 0.29) is 0 Å². The Morgan fingerprint density at radius 3 is 2.19 bits per heavy atom. The SMILES string of the molecule is FC(F)(F)c1ccc(Oc2ccc(CCOc3ncnc4cccc(Cl)c34)cc2)cc1. The van der Waals surface area contributed by atoms with Gasteiger partial charge in [-0.25, -0.2) is 9.97 Å². The fourth-order valence-corrected chi connectivity index (χ4v) is 3.24. The van der Waals surface area contributed by atoms with E-state index >= 15 is 0 Å². The van der Waals surface area contributed by atoms with E-state index in [0.717, 1.165) is 17.7 Å². The standard InChI is InChI=1S/C23H16ClF3N2O2/c24-19-2-1-3-20-21(19)22(29-14-28-20)30-13-12-15-4-8-17(9-5-15)31-18-10-6-16(7-11-18)23(25,26)27/h1-11,14H,12-13H2. The molecule has 0 saturated carbocycles. The fraction of sp³-hybridized carbons (Fsp3) is 0.130. The van der Waals surface area contributed by atoms with Crippen molar-refractivity contribution in [2.75, 3.05) is 6.61 Å². The van der Waals surface area contributed by atoms with Crippen LogP contribution < -0.4 is 9.47 Å². The third kappa shape index (κ3) is 5.06. The van der Waals surface area contributed by atoms with E-state index in [1.807, 2.05) is 24.3 Å². The average Bonchev–Trinajstić information content (AvgIpc) is 2.75. The Labute approximate surface area is 181 Å². The predicted octanol–water partition coefficient (Wildman–Crippen LogP) is 6.72. The lowest BCUT2D eigenvalue weighted by molar-refractivity contribution is -0.137. The smallest absolute Gasteiger partial charge is 0.416 e. The minimum atomic E-state index is -4.37. The van der Waals surface area contributed by atoms with Crippen molar-refractivity contribution in [3.63, 3.8) is 0 Å². The molecule has 1 heterocycles. The van der Waals surface area contributed by atoms with E-state index in [0.29, 0.717) is 46.3 Å². The topological polar surface area (TPSA) is 44.2 Å². The highest BCUT2D eigenvalue weighted by Gasteiger charge is 2.30. The van der Waals surface area contributed by atoms with E-state index in [9.17, 15) is 13.2 Å². The molecule has 4 aromatic rings. The van der Waals surface area contributed by atoms with Crippen molar-refractivity contribution in [1.29, 1.82) is 0 Å². The van der Waals surface area contributed by atoms with Gasteiger partial charge in [-0.2, -0.15) is 13.2 Å². The summed E-state index contributed by atoms with van der Waals surface area (Å²) in [4.78, 5) is 8.36. The molecular formula is C23H16ClF3N2O2. The van der Waals surface area contributed by atoms with E-state index in [4.69, 9.17) is 21.1 Å². The summed E-state index contributed by atoms with van der Waals surface area (Å²) in [5, 5.41) is 1.20. The molecule has 4 rings (SSSR count). The summed E-state index contributed by atoms with van der Waals surface area (Å²) in [5.74, 6) is 1.28. The lowest BCUT2D eigenvalue weighted by Gasteiger charge is -2.10. The van der Waals surface area contributed by atoms with Crippen molar-refractivity contribution in [3.8, 4) is 17.4 Å². The van der Waals surface area contributed by atoms with Crippen LogP contribution in [0.2, 0.25) is 5.02 Å². The molecule has 0 fully saturated rings. The first-order valence-corrected chi connectivity index (χ1v) is 9.74. The van der Waals surface area contributed by atoms with Crippen LogP contribution in [0.25, 0.3) is 10.9 Å². The number of nitrogens with zero attached hydrogens (tertiary/aromatic N) is 2. The van der Waals surface area contributed by atoms with Gasteiger partial charge in [0.15, 0.2) is 0 Å². The highest BCUT2D eigenvalue weighted by molar-refractivity contribution is 6.35.